The van der Waals surface area contributed by atoms with Crippen molar-refractivity contribution in [3.8, 4) is 6.07 Å². The fourth-order valence-electron chi connectivity index (χ4n) is 2.66. The SMILES string of the molecule is N#CCc1ccc(NC(=O)COC(=O)Cc2cccc3cccnc23)cc1. The zero-order valence-electron chi connectivity index (χ0n) is 14.5. The summed E-state index contributed by atoms with van der Waals surface area (Å²) in [5.74, 6) is -0.917. The maximum Gasteiger partial charge on any atom is 0.310 e. The summed E-state index contributed by atoms with van der Waals surface area (Å²) in [6.07, 6.45) is 2.03. The van der Waals surface area contributed by atoms with Crippen molar-refractivity contribution in [3.05, 3.63) is 71.9 Å². The van der Waals surface area contributed by atoms with E-state index in [1.54, 1.807) is 30.5 Å². The van der Waals surface area contributed by atoms with Crippen LogP contribution in [-0.4, -0.2) is 23.5 Å². The number of anilines is 1. The molecule has 0 atom stereocenters. The highest BCUT2D eigenvalue weighted by Gasteiger charge is 2.11. The molecule has 1 N–H and O–H groups in total. The standard InChI is InChI=1S/C21H17N3O3/c22-11-10-15-6-8-18(9-7-15)24-19(25)14-27-20(26)13-17-4-1-3-16-5-2-12-23-21(16)17/h1-9,12H,10,13-14H2,(H,24,25). The van der Waals surface area contributed by atoms with Crippen molar-refractivity contribution in [1.82, 2.24) is 4.98 Å². The van der Waals surface area contributed by atoms with Crippen molar-refractivity contribution in [1.29, 1.82) is 5.26 Å². The first kappa shape index (κ1) is 18.1. The molecule has 0 radical (unpaired) electrons. The first-order valence-corrected chi connectivity index (χ1v) is 8.39. The number of rotatable bonds is 6. The van der Waals surface area contributed by atoms with Gasteiger partial charge in [-0.05, 0) is 29.3 Å². The van der Waals surface area contributed by atoms with Gasteiger partial charge >= 0.3 is 5.97 Å². The largest absolute Gasteiger partial charge is 0.455 e. The van der Waals surface area contributed by atoms with Crippen LogP contribution in [0.1, 0.15) is 11.1 Å². The Morgan fingerprint density at radius 3 is 2.63 bits per heavy atom. The van der Waals surface area contributed by atoms with E-state index < -0.39 is 11.9 Å². The molecule has 3 rings (SSSR count). The minimum atomic E-state index is -0.493. The first-order chi connectivity index (χ1) is 13.2. The van der Waals surface area contributed by atoms with Crippen LogP contribution in [0.2, 0.25) is 0 Å². The molecule has 0 bridgehead atoms. The van der Waals surface area contributed by atoms with E-state index in [1.165, 1.54) is 0 Å². The molecule has 0 aliphatic carbocycles. The molecule has 2 aromatic carbocycles. The fourth-order valence-corrected chi connectivity index (χ4v) is 2.66. The average molecular weight is 359 g/mol. The molecule has 0 aliphatic rings. The summed E-state index contributed by atoms with van der Waals surface area (Å²) < 4.78 is 5.07. The van der Waals surface area contributed by atoms with E-state index in [9.17, 15) is 9.59 Å². The van der Waals surface area contributed by atoms with Crippen LogP contribution >= 0.6 is 0 Å². The van der Waals surface area contributed by atoms with Gasteiger partial charge in [0.2, 0.25) is 0 Å². The molecular weight excluding hydrogens is 342 g/mol. The minimum Gasteiger partial charge on any atom is -0.455 e. The Balaban J connectivity index is 1.52. The molecular formula is C21H17N3O3. The van der Waals surface area contributed by atoms with Gasteiger partial charge in [0, 0.05) is 17.3 Å². The van der Waals surface area contributed by atoms with Crippen molar-refractivity contribution in [2.45, 2.75) is 12.8 Å². The van der Waals surface area contributed by atoms with Crippen LogP contribution in [0, 0.1) is 11.3 Å². The van der Waals surface area contributed by atoms with Crippen molar-refractivity contribution >= 4 is 28.5 Å². The Morgan fingerprint density at radius 2 is 1.85 bits per heavy atom. The number of nitriles is 1. The maximum absolute atomic E-state index is 12.1. The summed E-state index contributed by atoms with van der Waals surface area (Å²) in [6, 6.07) is 18.3. The van der Waals surface area contributed by atoms with E-state index in [-0.39, 0.29) is 13.0 Å². The quantitative estimate of drug-likeness (QED) is 0.683. The number of pyridine rings is 1. The summed E-state index contributed by atoms with van der Waals surface area (Å²) in [7, 11) is 0. The second kappa shape index (κ2) is 8.59. The molecule has 0 unspecified atom stereocenters. The van der Waals surface area contributed by atoms with Crippen LogP contribution in [-0.2, 0) is 27.2 Å². The average Bonchev–Trinajstić information content (AvgIpc) is 2.68. The normalized spacial score (nSPS) is 10.2. The number of ether oxygens (including phenoxy) is 1. The Morgan fingerprint density at radius 1 is 1.07 bits per heavy atom. The molecule has 0 saturated heterocycles. The summed E-state index contributed by atoms with van der Waals surface area (Å²) in [5, 5.41) is 12.2. The topological polar surface area (TPSA) is 92.1 Å². The van der Waals surface area contributed by atoms with Crippen LogP contribution in [0.3, 0.4) is 0 Å². The zero-order chi connectivity index (χ0) is 19.1. The summed E-state index contributed by atoms with van der Waals surface area (Å²) in [5.41, 5.74) is 2.95. The second-order valence-corrected chi connectivity index (χ2v) is 5.91. The van der Waals surface area contributed by atoms with Gasteiger partial charge < -0.3 is 10.1 Å². The van der Waals surface area contributed by atoms with Crippen LogP contribution in [0.15, 0.2) is 60.8 Å². The molecule has 6 heteroatoms. The number of carbonyl (C=O) groups is 2. The van der Waals surface area contributed by atoms with Crippen molar-refractivity contribution in [2.24, 2.45) is 0 Å². The number of para-hydroxylation sites is 1. The number of nitrogens with one attached hydrogen (secondary N) is 1. The van der Waals surface area contributed by atoms with Gasteiger partial charge in [-0.25, -0.2) is 0 Å². The van der Waals surface area contributed by atoms with Gasteiger partial charge in [0.05, 0.1) is 24.4 Å². The second-order valence-electron chi connectivity index (χ2n) is 5.91. The highest BCUT2D eigenvalue weighted by atomic mass is 16.5. The smallest absolute Gasteiger partial charge is 0.310 e. The molecule has 0 fully saturated rings. The van der Waals surface area contributed by atoms with Gasteiger partial charge in [0.15, 0.2) is 6.61 Å². The number of hydrogen-bond acceptors (Lipinski definition) is 5. The molecule has 0 saturated carbocycles. The number of hydrogen-bond donors (Lipinski definition) is 1. The molecule has 1 amide bonds. The van der Waals surface area contributed by atoms with E-state index in [1.807, 2.05) is 30.3 Å². The van der Waals surface area contributed by atoms with Gasteiger partial charge in [0.1, 0.15) is 0 Å². The maximum atomic E-state index is 12.1. The van der Waals surface area contributed by atoms with Crippen LogP contribution < -0.4 is 5.32 Å². The monoisotopic (exact) mass is 359 g/mol. The van der Waals surface area contributed by atoms with Crippen molar-refractivity contribution in [3.63, 3.8) is 0 Å². The first-order valence-electron chi connectivity index (χ1n) is 8.39. The van der Waals surface area contributed by atoms with E-state index in [0.29, 0.717) is 12.1 Å². The van der Waals surface area contributed by atoms with Crippen molar-refractivity contribution < 1.29 is 14.3 Å². The Kier molecular flexibility index (Phi) is 5.75. The lowest BCUT2D eigenvalue weighted by molar-refractivity contribution is -0.146. The van der Waals surface area contributed by atoms with Gasteiger partial charge in [-0.15, -0.1) is 0 Å². The summed E-state index contributed by atoms with van der Waals surface area (Å²) >= 11 is 0. The Bertz CT molecular complexity index is 1000. The van der Waals surface area contributed by atoms with Gasteiger partial charge in [0.25, 0.3) is 5.91 Å². The highest BCUT2D eigenvalue weighted by molar-refractivity contribution is 5.93. The van der Waals surface area contributed by atoms with Crippen LogP contribution in [0.4, 0.5) is 5.69 Å². The number of aromatic nitrogens is 1. The lowest BCUT2D eigenvalue weighted by Gasteiger charge is -2.08. The zero-order valence-corrected chi connectivity index (χ0v) is 14.5. The fraction of sp³-hybridized carbons (Fsp3) is 0.143. The van der Waals surface area contributed by atoms with E-state index >= 15 is 0 Å². The minimum absolute atomic E-state index is 0.0461. The number of carbonyl (C=O) groups excluding carboxylic acids is 2. The lowest BCUT2D eigenvalue weighted by atomic mass is 10.1. The third-order valence-electron chi connectivity index (χ3n) is 3.94. The molecule has 1 aromatic heterocycles. The lowest BCUT2D eigenvalue weighted by Crippen LogP contribution is -2.21. The Labute approximate surface area is 156 Å². The predicted molar refractivity (Wildman–Crippen MR) is 101 cm³/mol. The molecule has 0 spiro atoms. The molecule has 134 valence electrons. The van der Waals surface area contributed by atoms with E-state index in [2.05, 4.69) is 16.4 Å². The molecule has 1 heterocycles. The number of benzene rings is 2. The number of amides is 1. The molecule has 0 aliphatic heterocycles. The predicted octanol–water partition coefficient (Wildman–Crippen LogP) is 3.03. The van der Waals surface area contributed by atoms with Crippen LogP contribution in [0.5, 0.6) is 0 Å². The van der Waals surface area contributed by atoms with E-state index in [0.717, 1.165) is 22.0 Å². The van der Waals surface area contributed by atoms with Gasteiger partial charge in [-0.3, -0.25) is 14.6 Å². The Hall–Kier alpha value is -3.72. The number of esters is 1. The third-order valence-corrected chi connectivity index (χ3v) is 3.94. The summed E-state index contributed by atoms with van der Waals surface area (Å²) in [6.45, 7) is -0.364. The molecule has 3 aromatic rings. The number of fused-ring (bicyclic) bond motifs is 1. The van der Waals surface area contributed by atoms with Crippen LogP contribution in [0.25, 0.3) is 10.9 Å². The van der Waals surface area contributed by atoms with Gasteiger partial charge in [-0.2, -0.15) is 5.26 Å². The van der Waals surface area contributed by atoms with E-state index in [4.69, 9.17) is 10.00 Å². The third kappa shape index (κ3) is 4.89. The summed E-state index contributed by atoms with van der Waals surface area (Å²) in [4.78, 5) is 28.3. The number of nitrogens with zero attached hydrogens (tertiary/aromatic N) is 2. The molecule has 6 nitrogen and oxygen atoms in total. The molecule has 27 heavy (non-hydrogen) atoms. The van der Waals surface area contributed by atoms with Crippen molar-refractivity contribution in [2.75, 3.05) is 11.9 Å². The van der Waals surface area contributed by atoms with Gasteiger partial charge in [-0.1, -0.05) is 36.4 Å². The highest BCUT2D eigenvalue weighted by Crippen LogP contribution is 2.16.